The van der Waals surface area contributed by atoms with E-state index in [0.717, 1.165) is 22.8 Å². The van der Waals surface area contributed by atoms with Gasteiger partial charge in [0.05, 0.1) is 0 Å². The summed E-state index contributed by atoms with van der Waals surface area (Å²) in [6, 6.07) is 3.84. The number of ether oxygens (including phenoxy) is 3. The molecule has 2 heterocycles. The van der Waals surface area contributed by atoms with E-state index in [1.807, 2.05) is 32.1 Å². The number of rotatable bonds is 0. The van der Waals surface area contributed by atoms with Crippen LogP contribution in [0.3, 0.4) is 0 Å². The van der Waals surface area contributed by atoms with Gasteiger partial charge in [-0.2, -0.15) is 0 Å². The summed E-state index contributed by atoms with van der Waals surface area (Å²) in [6.45, 7) is 4.35. The Labute approximate surface area is 88.3 Å². The number of hydrogen-bond acceptors (Lipinski definition) is 3. The molecule has 0 amide bonds. The van der Waals surface area contributed by atoms with E-state index in [-0.39, 0.29) is 5.60 Å². The van der Waals surface area contributed by atoms with Crippen molar-refractivity contribution in [3.8, 4) is 17.2 Å². The molecular weight excluding hydrogens is 192 g/mol. The van der Waals surface area contributed by atoms with Crippen molar-refractivity contribution in [1.29, 1.82) is 0 Å². The summed E-state index contributed by atoms with van der Waals surface area (Å²) in [5, 5.41) is 0. The molecule has 0 radical (unpaired) electrons. The average Bonchev–Trinajstić information content (AvgIpc) is 2.60. The SMILES string of the molecule is CC1(C)C=Cc2cc3c(cc2O1)OCO3. The van der Waals surface area contributed by atoms with E-state index >= 15 is 0 Å². The molecule has 1 aromatic rings. The highest BCUT2D eigenvalue weighted by atomic mass is 16.7. The summed E-state index contributed by atoms with van der Waals surface area (Å²) in [7, 11) is 0. The molecule has 0 atom stereocenters. The van der Waals surface area contributed by atoms with Crippen molar-refractivity contribution in [2.45, 2.75) is 19.4 Å². The Morgan fingerprint density at radius 1 is 1.07 bits per heavy atom. The van der Waals surface area contributed by atoms with Crippen molar-refractivity contribution in [3.05, 3.63) is 23.8 Å². The highest BCUT2D eigenvalue weighted by molar-refractivity contribution is 5.66. The van der Waals surface area contributed by atoms with Crippen LogP contribution in [0.1, 0.15) is 19.4 Å². The van der Waals surface area contributed by atoms with E-state index in [1.165, 1.54) is 0 Å². The van der Waals surface area contributed by atoms with Crippen LogP contribution in [-0.2, 0) is 0 Å². The molecule has 0 saturated heterocycles. The molecule has 2 aliphatic heterocycles. The molecular formula is C12H12O3. The summed E-state index contributed by atoms with van der Waals surface area (Å²) in [5.41, 5.74) is 0.791. The van der Waals surface area contributed by atoms with Gasteiger partial charge in [-0.25, -0.2) is 0 Å². The quantitative estimate of drug-likeness (QED) is 0.650. The third-order valence-electron chi connectivity index (χ3n) is 2.54. The lowest BCUT2D eigenvalue weighted by molar-refractivity contribution is 0.157. The number of hydrogen-bond donors (Lipinski definition) is 0. The monoisotopic (exact) mass is 204 g/mol. The van der Waals surface area contributed by atoms with Gasteiger partial charge in [-0.3, -0.25) is 0 Å². The van der Waals surface area contributed by atoms with Crippen LogP contribution in [0.2, 0.25) is 0 Å². The van der Waals surface area contributed by atoms with Crippen LogP contribution < -0.4 is 14.2 Å². The van der Waals surface area contributed by atoms with Crippen LogP contribution in [-0.4, -0.2) is 12.4 Å². The van der Waals surface area contributed by atoms with Crippen molar-refractivity contribution < 1.29 is 14.2 Å². The molecule has 78 valence electrons. The molecule has 3 nitrogen and oxygen atoms in total. The van der Waals surface area contributed by atoms with Gasteiger partial charge in [-0.15, -0.1) is 0 Å². The zero-order valence-electron chi connectivity index (χ0n) is 8.74. The highest BCUT2D eigenvalue weighted by Gasteiger charge is 2.25. The highest BCUT2D eigenvalue weighted by Crippen LogP contribution is 2.41. The fraction of sp³-hybridized carbons (Fsp3) is 0.333. The first kappa shape index (κ1) is 8.65. The van der Waals surface area contributed by atoms with Crippen molar-refractivity contribution >= 4 is 6.08 Å². The van der Waals surface area contributed by atoms with Crippen LogP contribution in [0, 0.1) is 0 Å². The second-order valence-electron chi connectivity index (χ2n) is 4.28. The zero-order chi connectivity index (χ0) is 10.5. The lowest BCUT2D eigenvalue weighted by Gasteiger charge is -2.27. The van der Waals surface area contributed by atoms with Crippen molar-refractivity contribution in [1.82, 2.24) is 0 Å². The Morgan fingerprint density at radius 2 is 1.80 bits per heavy atom. The predicted octanol–water partition coefficient (Wildman–Crippen LogP) is 2.60. The Balaban J connectivity index is 2.11. The first-order valence-corrected chi connectivity index (χ1v) is 4.96. The van der Waals surface area contributed by atoms with Gasteiger partial charge in [-0.1, -0.05) is 6.08 Å². The Bertz CT molecular complexity index is 446. The maximum atomic E-state index is 5.82. The molecule has 3 rings (SSSR count). The topological polar surface area (TPSA) is 27.7 Å². The molecule has 0 bridgehead atoms. The van der Waals surface area contributed by atoms with Crippen LogP contribution in [0.5, 0.6) is 17.2 Å². The predicted molar refractivity (Wildman–Crippen MR) is 56.3 cm³/mol. The Hall–Kier alpha value is -1.64. The van der Waals surface area contributed by atoms with Gasteiger partial charge in [0.1, 0.15) is 11.4 Å². The van der Waals surface area contributed by atoms with Gasteiger partial charge in [0.25, 0.3) is 0 Å². The standard InChI is InChI=1S/C12H12O3/c1-12(2)4-3-8-5-10-11(14-7-13-10)6-9(8)15-12/h3-6H,7H2,1-2H3. The van der Waals surface area contributed by atoms with Crippen molar-refractivity contribution in [2.75, 3.05) is 6.79 Å². The first-order chi connectivity index (χ1) is 7.14. The summed E-state index contributed by atoms with van der Waals surface area (Å²) in [5.74, 6) is 2.41. The molecule has 0 N–H and O–H groups in total. The van der Waals surface area contributed by atoms with E-state index in [9.17, 15) is 0 Å². The van der Waals surface area contributed by atoms with Crippen molar-refractivity contribution in [2.24, 2.45) is 0 Å². The maximum Gasteiger partial charge on any atom is 0.231 e. The largest absolute Gasteiger partial charge is 0.483 e. The molecule has 1 aromatic carbocycles. The second kappa shape index (κ2) is 2.69. The summed E-state index contributed by atoms with van der Waals surface area (Å²) >= 11 is 0. The normalized spacial score (nSPS) is 19.6. The van der Waals surface area contributed by atoms with E-state index in [0.29, 0.717) is 6.79 Å². The number of fused-ring (bicyclic) bond motifs is 2. The maximum absolute atomic E-state index is 5.82. The third kappa shape index (κ3) is 1.35. The van der Waals surface area contributed by atoms with E-state index in [4.69, 9.17) is 14.2 Å². The van der Waals surface area contributed by atoms with Gasteiger partial charge in [0.2, 0.25) is 6.79 Å². The molecule has 0 aliphatic carbocycles. The van der Waals surface area contributed by atoms with Gasteiger partial charge in [0.15, 0.2) is 11.5 Å². The summed E-state index contributed by atoms with van der Waals surface area (Å²) in [4.78, 5) is 0. The minimum atomic E-state index is -0.249. The van der Waals surface area contributed by atoms with Crippen LogP contribution >= 0.6 is 0 Å². The first-order valence-electron chi connectivity index (χ1n) is 4.96. The molecule has 0 spiro atoms. The van der Waals surface area contributed by atoms with E-state index in [1.54, 1.807) is 0 Å². The smallest absolute Gasteiger partial charge is 0.231 e. The summed E-state index contributed by atoms with van der Waals surface area (Å²) < 4.78 is 16.4. The fourth-order valence-electron chi connectivity index (χ4n) is 1.77. The molecule has 0 unspecified atom stereocenters. The summed E-state index contributed by atoms with van der Waals surface area (Å²) in [6.07, 6.45) is 4.10. The molecule has 0 aromatic heterocycles. The molecule has 0 fully saturated rings. The molecule has 2 aliphatic rings. The molecule has 15 heavy (non-hydrogen) atoms. The van der Waals surface area contributed by atoms with Crippen LogP contribution in [0.4, 0.5) is 0 Å². The van der Waals surface area contributed by atoms with Crippen LogP contribution in [0.15, 0.2) is 18.2 Å². The van der Waals surface area contributed by atoms with Gasteiger partial charge >= 0.3 is 0 Å². The van der Waals surface area contributed by atoms with E-state index < -0.39 is 0 Å². The molecule has 3 heteroatoms. The van der Waals surface area contributed by atoms with Gasteiger partial charge < -0.3 is 14.2 Å². The minimum Gasteiger partial charge on any atom is -0.483 e. The Kier molecular flexibility index (Phi) is 1.55. The van der Waals surface area contributed by atoms with Gasteiger partial charge in [-0.05, 0) is 26.0 Å². The second-order valence-corrected chi connectivity index (χ2v) is 4.28. The molecule has 0 saturated carbocycles. The number of benzene rings is 1. The van der Waals surface area contributed by atoms with Crippen molar-refractivity contribution in [3.63, 3.8) is 0 Å². The van der Waals surface area contributed by atoms with E-state index in [2.05, 4.69) is 6.08 Å². The fourth-order valence-corrected chi connectivity index (χ4v) is 1.77. The zero-order valence-corrected chi connectivity index (χ0v) is 8.74. The average molecular weight is 204 g/mol. The van der Waals surface area contributed by atoms with Crippen LogP contribution in [0.25, 0.3) is 6.08 Å². The minimum absolute atomic E-state index is 0.249. The third-order valence-corrected chi connectivity index (χ3v) is 2.54. The lowest BCUT2D eigenvalue weighted by atomic mass is 10.0. The van der Waals surface area contributed by atoms with Gasteiger partial charge in [0, 0.05) is 11.6 Å². The Morgan fingerprint density at radius 3 is 2.60 bits per heavy atom. The lowest BCUT2D eigenvalue weighted by Crippen LogP contribution is -2.27.